The van der Waals surface area contributed by atoms with Crippen LogP contribution in [0.15, 0.2) is 41.0 Å². The lowest BCUT2D eigenvalue weighted by Crippen LogP contribution is -2.01. The van der Waals surface area contributed by atoms with Crippen LogP contribution in [0.2, 0.25) is 0 Å². The van der Waals surface area contributed by atoms with Crippen LogP contribution in [0.1, 0.15) is 5.56 Å². The molecule has 0 aliphatic heterocycles. The quantitative estimate of drug-likeness (QED) is 0.937. The van der Waals surface area contributed by atoms with E-state index >= 15 is 0 Å². The molecule has 2 N–H and O–H groups in total. The van der Waals surface area contributed by atoms with Crippen LogP contribution >= 0.6 is 15.9 Å². The van der Waals surface area contributed by atoms with Crippen molar-refractivity contribution in [3.8, 4) is 5.88 Å². The molecule has 5 heteroatoms. The first kappa shape index (κ1) is 10.9. The second-order valence-electron chi connectivity index (χ2n) is 3.16. The number of halogens is 1. The van der Waals surface area contributed by atoms with Gasteiger partial charge in [0.1, 0.15) is 6.61 Å². The van der Waals surface area contributed by atoms with Crippen LogP contribution in [-0.2, 0) is 6.61 Å². The number of hydrogen-bond donors (Lipinski definition) is 1. The van der Waals surface area contributed by atoms with Crippen molar-refractivity contribution in [2.24, 2.45) is 0 Å². The van der Waals surface area contributed by atoms with E-state index in [1.807, 2.05) is 30.3 Å². The number of nitrogens with two attached hydrogens (primary N) is 1. The zero-order valence-electron chi connectivity index (χ0n) is 8.43. The maximum atomic E-state index is 5.53. The Balaban J connectivity index is 2.08. The molecule has 0 aliphatic carbocycles. The summed E-state index contributed by atoms with van der Waals surface area (Å²) in [6, 6.07) is 9.85. The summed E-state index contributed by atoms with van der Waals surface area (Å²) < 4.78 is 6.22. The molecule has 2 aromatic rings. The minimum absolute atomic E-state index is 0.200. The molecule has 0 unspecified atom stereocenters. The maximum Gasteiger partial charge on any atom is 0.233 e. The second-order valence-corrected chi connectivity index (χ2v) is 4.01. The standard InChI is InChI=1S/C11H10BrN3O/c12-9-6-14-11(13)15-10(9)16-7-8-4-2-1-3-5-8/h1-6H,7H2,(H2,13,14,15). The summed E-state index contributed by atoms with van der Waals surface area (Å²) in [7, 11) is 0. The van der Waals surface area contributed by atoms with Crippen LogP contribution in [-0.4, -0.2) is 9.97 Å². The van der Waals surface area contributed by atoms with E-state index in [-0.39, 0.29) is 5.95 Å². The van der Waals surface area contributed by atoms with Crippen molar-refractivity contribution in [2.75, 3.05) is 5.73 Å². The van der Waals surface area contributed by atoms with Crippen LogP contribution in [0.4, 0.5) is 5.95 Å². The number of rotatable bonds is 3. The molecule has 0 fully saturated rings. The monoisotopic (exact) mass is 279 g/mol. The third kappa shape index (κ3) is 2.70. The molecule has 0 radical (unpaired) electrons. The summed E-state index contributed by atoms with van der Waals surface area (Å²) in [5.74, 6) is 0.655. The van der Waals surface area contributed by atoms with E-state index < -0.39 is 0 Å². The zero-order chi connectivity index (χ0) is 11.4. The summed E-state index contributed by atoms with van der Waals surface area (Å²) in [5, 5.41) is 0. The van der Waals surface area contributed by atoms with Crippen molar-refractivity contribution in [3.05, 3.63) is 46.6 Å². The predicted molar refractivity (Wildman–Crippen MR) is 64.9 cm³/mol. The summed E-state index contributed by atoms with van der Waals surface area (Å²) in [6.07, 6.45) is 1.57. The molecule has 4 nitrogen and oxygen atoms in total. The van der Waals surface area contributed by atoms with E-state index in [2.05, 4.69) is 25.9 Å². The van der Waals surface area contributed by atoms with Crippen LogP contribution in [0, 0.1) is 0 Å². The van der Waals surface area contributed by atoms with E-state index in [1.54, 1.807) is 6.20 Å². The van der Waals surface area contributed by atoms with Crippen LogP contribution in [0.25, 0.3) is 0 Å². The fourth-order valence-electron chi connectivity index (χ4n) is 1.19. The smallest absolute Gasteiger partial charge is 0.233 e. The first-order valence-electron chi connectivity index (χ1n) is 4.70. The molecule has 0 bridgehead atoms. The van der Waals surface area contributed by atoms with Gasteiger partial charge in [0.05, 0.1) is 10.7 Å². The Hall–Kier alpha value is -1.62. The lowest BCUT2D eigenvalue weighted by Gasteiger charge is -2.06. The minimum Gasteiger partial charge on any atom is -0.472 e. The molecular formula is C11H10BrN3O. The number of hydrogen-bond acceptors (Lipinski definition) is 4. The summed E-state index contributed by atoms with van der Waals surface area (Å²) in [5.41, 5.74) is 6.55. The molecule has 1 aromatic heterocycles. The van der Waals surface area contributed by atoms with Crippen molar-refractivity contribution in [1.29, 1.82) is 0 Å². The predicted octanol–water partition coefficient (Wildman–Crippen LogP) is 2.40. The molecule has 0 amide bonds. The van der Waals surface area contributed by atoms with Gasteiger partial charge in [-0.05, 0) is 21.5 Å². The number of benzene rings is 1. The van der Waals surface area contributed by atoms with E-state index in [9.17, 15) is 0 Å². The highest BCUT2D eigenvalue weighted by atomic mass is 79.9. The van der Waals surface area contributed by atoms with E-state index in [1.165, 1.54) is 0 Å². The highest BCUT2D eigenvalue weighted by molar-refractivity contribution is 9.10. The highest BCUT2D eigenvalue weighted by Crippen LogP contribution is 2.22. The molecule has 1 aromatic carbocycles. The Labute approximate surface area is 102 Å². The summed E-state index contributed by atoms with van der Waals surface area (Å²) in [6.45, 7) is 0.454. The molecule has 0 spiro atoms. The van der Waals surface area contributed by atoms with Crippen molar-refractivity contribution < 1.29 is 4.74 Å². The Morgan fingerprint density at radius 3 is 2.75 bits per heavy atom. The summed E-state index contributed by atoms with van der Waals surface area (Å²) >= 11 is 3.30. The van der Waals surface area contributed by atoms with Crippen molar-refractivity contribution in [2.45, 2.75) is 6.61 Å². The van der Waals surface area contributed by atoms with Crippen LogP contribution in [0.3, 0.4) is 0 Å². The Kier molecular flexibility index (Phi) is 3.36. The average Bonchev–Trinajstić information content (AvgIpc) is 2.32. The Morgan fingerprint density at radius 2 is 2.00 bits per heavy atom. The number of aromatic nitrogens is 2. The van der Waals surface area contributed by atoms with Gasteiger partial charge in [0.15, 0.2) is 0 Å². The molecule has 82 valence electrons. The Bertz CT molecular complexity index is 476. The van der Waals surface area contributed by atoms with Gasteiger partial charge < -0.3 is 10.5 Å². The van der Waals surface area contributed by atoms with Gasteiger partial charge in [-0.3, -0.25) is 0 Å². The first-order valence-corrected chi connectivity index (χ1v) is 5.50. The number of nitrogen functional groups attached to an aromatic ring is 1. The molecule has 0 saturated heterocycles. The third-order valence-corrected chi connectivity index (χ3v) is 2.49. The fraction of sp³-hybridized carbons (Fsp3) is 0.0909. The fourth-order valence-corrected chi connectivity index (χ4v) is 1.50. The van der Waals surface area contributed by atoms with Gasteiger partial charge in [-0.15, -0.1) is 0 Å². The molecule has 0 aliphatic rings. The van der Waals surface area contributed by atoms with E-state index in [0.717, 1.165) is 5.56 Å². The lowest BCUT2D eigenvalue weighted by molar-refractivity contribution is 0.291. The number of anilines is 1. The SMILES string of the molecule is Nc1ncc(Br)c(OCc2ccccc2)n1. The average molecular weight is 280 g/mol. The molecule has 0 atom stereocenters. The molecule has 2 rings (SSSR count). The van der Waals surface area contributed by atoms with Crippen LogP contribution < -0.4 is 10.5 Å². The van der Waals surface area contributed by atoms with Gasteiger partial charge in [-0.2, -0.15) is 4.98 Å². The molecule has 16 heavy (non-hydrogen) atoms. The largest absolute Gasteiger partial charge is 0.472 e. The first-order chi connectivity index (χ1) is 7.75. The topological polar surface area (TPSA) is 61.0 Å². The minimum atomic E-state index is 0.200. The zero-order valence-corrected chi connectivity index (χ0v) is 10.0. The van der Waals surface area contributed by atoms with Crippen molar-refractivity contribution in [3.63, 3.8) is 0 Å². The van der Waals surface area contributed by atoms with Gasteiger partial charge in [0.25, 0.3) is 0 Å². The molecular weight excluding hydrogens is 270 g/mol. The van der Waals surface area contributed by atoms with Gasteiger partial charge in [0.2, 0.25) is 11.8 Å². The highest BCUT2D eigenvalue weighted by Gasteiger charge is 2.04. The number of ether oxygens (including phenoxy) is 1. The van der Waals surface area contributed by atoms with E-state index in [4.69, 9.17) is 10.5 Å². The molecule has 1 heterocycles. The van der Waals surface area contributed by atoms with Gasteiger partial charge >= 0.3 is 0 Å². The Morgan fingerprint density at radius 1 is 1.25 bits per heavy atom. The summed E-state index contributed by atoms with van der Waals surface area (Å²) in [4.78, 5) is 7.82. The second kappa shape index (κ2) is 4.94. The van der Waals surface area contributed by atoms with E-state index in [0.29, 0.717) is 17.0 Å². The van der Waals surface area contributed by atoms with Crippen molar-refractivity contribution in [1.82, 2.24) is 9.97 Å². The van der Waals surface area contributed by atoms with Crippen LogP contribution in [0.5, 0.6) is 5.88 Å². The lowest BCUT2D eigenvalue weighted by atomic mass is 10.2. The van der Waals surface area contributed by atoms with Crippen molar-refractivity contribution >= 4 is 21.9 Å². The maximum absolute atomic E-state index is 5.53. The third-order valence-electron chi connectivity index (χ3n) is 1.95. The number of nitrogens with zero attached hydrogens (tertiary/aromatic N) is 2. The van der Waals surface area contributed by atoms with Gasteiger partial charge in [-0.1, -0.05) is 30.3 Å². The van der Waals surface area contributed by atoms with Gasteiger partial charge in [-0.25, -0.2) is 4.98 Å². The normalized spacial score (nSPS) is 10.1. The van der Waals surface area contributed by atoms with Gasteiger partial charge in [0, 0.05) is 0 Å². The molecule has 0 saturated carbocycles.